The number of aromatic hydroxyl groups is 1. The Morgan fingerprint density at radius 1 is 1.32 bits per heavy atom. The molecule has 0 heterocycles. The molecule has 0 saturated carbocycles. The average Bonchev–Trinajstić information content (AvgIpc) is 2.42. The Hall–Kier alpha value is -1.75. The van der Waals surface area contributed by atoms with Crippen molar-refractivity contribution in [3.8, 4) is 11.5 Å². The minimum Gasteiger partial charge on any atom is -0.504 e. The molecule has 19 heavy (non-hydrogen) atoms. The molecule has 1 aromatic carbocycles. The number of hydrogen-bond donors (Lipinski definition) is 2. The Bertz CT molecular complexity index is 420. The summed E-state index contributed by atoms with van der Waals surface area (Å²) < 4.78 is 4.93. The first-order valence-electron chi connectivity index (χ1n) is 6.33. The van der Waals surface area contributed by atoms with E-state index < -0.39 is 0 Å². The van der Waals surface area contributed by atoms with Gasteiger partial charge in [0.1, 0.15) is 0 Å². The zero-order valence-corrected chi connectivity index (χ0v) is 11.4. The third-order valence-electron chi connectivity index (χ3n) is 2.92. The van der Waals surface area contributed by atoms with Crippen molar-refractivity contribution < 1.29 is 19.7 Å². The van der Waals surface area contributed by atoms with Gasteiger partial charge in [-0.3, -0.25) is 4.79 Å². The Morgan fingerprint density at radius 3 is 2.63 bits per heavy atom. The fourth-order valence-corrected chi connectivity index (χ4v) is 1.78. The molecule has 0 spiro atoms. The molecule has 0 atom stereocenters. The second kappa shape index (κ2) is 7.63. The monoisotopic (exact) mass is 267 g/mol. The summed E-state index contributed by atoms with van der Waals surface area (Å²) in [5, 5.41) is 18.3. The lowest BCUT2D eigenvalue weighted by Crippen LogP contribution is -2.27. The number of benzene rings is 1. The maximum atomic E-state index is 12.1. The standard InChI is InChI=1S/C14H21NO4/c1-15(8-4-3-5-9-16)14(18)11-6-7-13(19-2)12(17)10-11/h6-7,10,16-17H,3-5,8-9H2,1-2H3. The number of nitrogens with zero attached hydrogens (tertiary/aromatic N) is 1. The SMILES string of the molecule is COc1ccc(C(=O)N(C)CCCCCO)cc1O. The van der Waals surface area contributed by atoms with Crippen LogP contribution in [0.25, 0.3) is 0 Å². The van der Waals surface area contributed by atoms with E-state index in [2.05, 4.69) is 0 Å². The summed E-state index contributed by atoms with van der Waals surface area (Å²) in [5.74, 6) is 0.172. The summed E-state index contributed by atoms with van der Waals surface area (Å²) in [6.45, 7) is 0.815. The van der Waals surface area contributed by atoms with E-state index in [1.165, 1.54) is 13.2 Å². The van der Waals surface area contributed by atoms with Gasteiger partial charge in [-0.05, 0) is 37.5 Å². The van der Waals surface area contributed by atoms with Gasteiger partial charge >= 0.3 is 0 Å². The van der Waals surface area contributed by atoms with Crippen molar-refractivity contribution in [2.45, 2.75) is 19.3 Å². The number of methoxy groups -OCH3 is 1. The van der Waals surface area contributed by atoms with Crippen LogP contribution in [0.15, 0.2) is 18.2 Å². The van der Waals surface area contributed by atoms with E-state index in [1.54, 1.807) is 24.1 Å². The highest BCUT2D eigenvalue weighted by Crippen LogP contribution is 2.26. The smallest absolute Gasteiger partial charge is 0.253 e. The summed E-state index contributed by atoms with van der Waals surface area (Å²) in [7, 11) is 3.19. The van der Waals surface area contributed by atoms with Gasteiger partial charge in [-0.25, -0.2) is 0 Å². The molecule has 5 heteroatoms. The zero-order valence-electron chi connectivity index (χ0n) is 11.4. The third-order valence-corrected chi connectivity index (χ3v) is 2.92. The molecular formula is C14H21NO4. The van der Waals surface area contributed by atoms with Crippen LogP contribution in [-0.4, -0.2) is 48.3 Å². The van der Waals surface area contributed by atoms with Crippen molar-refractivity contribution in [2.24, 2.45) is 0 Å². The van der Waals surface area contributed by atoms with Crippen molar-refractivity contribution in [1.82, 2.24) is 4.90 Å². The van der Waals surface area contributed by atoms with Crippen LogP contribution in [0.5, 0.6) is 11.5 Å². The molecule has 1 amide bonds. The van der Waals surface area contributed by atoms with Gasteiger partial charge in [-0.1, -0.05) is 0 Å². The quantitative estimate of drug-likeness (QED) is 0.737. The number of hydrogen-bond acceptors (Lipinski definition) is 4. The van der Waals surface area contributed by atoms with E-state index in [0.717, 1.165) is 19.3 Å². The van der Waals surface area contributed by atoms with Gasteiger partial charge in [0.25, 0.3) is 5.91 Å². The van der Waals surface area contributed by atoms with Crippen LogP contribution < -0.4 is 4.74 Å². The summed E-state index contributed by atoms with van der Waals surface area (Å²) >= 11 is 0. The molecule has 0 aliphatic rings. The van der Waals surface area contributed by atoms with E-state index in [0.29, 0.717) is 17.9 Å². The van der Waals surface area contributed by atoms with Gasteiger partial charge in [0.2, 0.25) is 0 Å². The number of aliphatic hydroxyl groups is 1. The molecule has 0 aliphatic heterocycles. The number of phenols is 1. The predicted octanol–water partition coefficient (Wildman–Crippen LogP) is 1.64. The van der Waals surface area contributed by atoms with Gasteiger partial charge in [-0.2, -0.15) is 0 Å². The number of unbranched alkanes of at least 4 members (excludes halogenated alkanes) is 2. The maximum absolute atomic E-state index is 12.1. The minimum atomic E-state index is -0.137. The summed E-state index contributed by atoms with van der Waals surface area (Å²) in [5.41, 5.74) is 0.433. The number of carbonyl (C=O) groups excluding carboxylic acids is 1. The van der Waals surface area contributed by atoms with Gasteiger partial charge in [-0.15, -0.1) is 0 Å². The van der Waals surface area contributed by atoms with Gasteiger partial charge < -0.3 is 19.8 Å². The topological polar surface area (TPSA) is 70.0 Å². The Balaban J connectivity index is 2.59. The molecule has 0 bridgehead atoms. The Morgan fingerprint density at radius 2 is 2.05 bits per heavy atom. The average molecular weight is 267 g/mol. The largest absolute Gasteiger partial charge is 0.504 e. The van der Waals surface area contributed by atoms with Crippen LogP contribution in [0.2, 0.25) is 0 Å². The van der Waals surface area contributed by atoms with Gasteiger partial charge in [0, 0.05) is 25.8 Å². The van der Waals surface area contributed by atoms with Crippen LogP contribution >= 0.6 is 0 Å². The molecule has 1 rings (SSSR count). The van der Waals surface area contributed by atoms with Crippen LogP contribution in [-0.2, 0) is 0 Å². The number of rotatable bonds is 7. The summed E-state index contributed by atoms with van der Waals surface area (Å²) in [6.07, 6.45) is 2.50. The lowest BCUT2D eigenvalue weighted by molar-refractivity contribution is 0.0791. The molecule has 0 radical (unpaired) electrons. The first-order valence-corrected chi connectivity index (χ1v) is 6.33. The van der Waals surface area contributed by atoms with E-state index in [1.807, 2.05) is 0 Å². The molecule has 0 unspecified atom stereocenters. The fourth-order valence-electron chi connectivity index (χ4n) is 1.78. The van der Waals surface area contributed by atoms with Crippen LogP contribution in [0.1, 0.15) is 29.6 Å². The first-order chi connectivity index (χ1) is 9.10. The van der Waals surface area contributed by atoms with Crippen LogP contribution in [0, 0.1) is 0 Å². The number of carbonyl (C=O) groups is 1. The van der Waals surface area contributed by atoms with Crippen molar-refractivity contribution in [1.29, 1.82) is 0 Å². The molecule has 106 valence electrons. The Kier molecular flexibility index (Phi) is 6.15. The molecule has 0 fully saturated rings. The van der Waals surface area contributed by atoms with E-state index >= 15 is 0 Å². The second-order valence-electron chi connectivity index (χ2n) is 4.40. The van der Waals surface area contributed by atoms with Gasteiger partial charge in [0.15, 0.2) is 11.5 Å². The molecule has 1 aromatic rings. The summed E-state index contributed by atoms with van der Waals surface area (Å²) in [6, 6.07) is 4.61. The van der Waals surface area contributed by atoms with E-state index in [9.17, 15) is 9.90 Å². The fraction of sp³-hybridized carbons (Fsp3) is 0.500. The molecule has 0 saturated heterocycles. The molecule has 0 aliphatic carbocycles. The Labute approximate surface area is 113 Å². The van der Waals surface area contributed by atoms with Crippen LogP contribution in [0.3, 0.4) is 0 Å². The first kappa shape index (κ1) is 15.3. The van der Waals surface area contributed by atoms with E-state index in [4.69, 9.17) is 9.84 Å². The molecule has 5 nitrogen and oxygen atoms in total. The highest BCUT2D eigenvalue weighted by atomic mass is 16.5. The lowest BCUT2D eigenvalue weighted by atomic mass is 10.1. The number of ether oxygens (including phenoxy) is 1. The maximum Gasteiger partial charge on any atom is 0.253 e. The number of phenolic OH excluding ortho intramolecular Hbond substituents is 1. The minimum absolute atomic E-state index is 0.0398. The van der Waals surface area contributed by atoms with Crippen molar-refractivity contribution in [3.05, 3.63) is 23.8 Å². The zero-order chi connectivity index (χ0) is 14.3. The van der Waals surface area contributed by atoms with Crippen molar-refractivity contribution in [3.63, 3.8) is 0 Å². The lowest BCUT2D eigenvalue weighted by Gasteiger charge is -2.17. The van der Waals surface area contributed by atoms with Gasteiger partial charge in [0.05, 0.1) is 7.11 Å². The van der Waals surface area contributed by atoms with Crippen LogP contribution in [0.4, 0.5) is 0 Å². The summed E-state index contributed by atoms with van der Waals surface area (Å²) in [4.78, 5) is 13.7. The van der Waals surface area contributed by atoms with Crippen molar-refractivity contribution in [2.75, 3.05) is 27.3 Å². The highest BCUT2D eigenvalue weighted by molar-refractivity contribution is 5.94. The third kappa shape index (κ3) is 4.44. The normalized spacial score (nSPS) is 10.3. The van der Waals surface area contributed by atoms with Crippen molar-refractivity contribution >= 4 is 5.91 Å². The molecule has 2 N–H and O–H groups in total. The predicted molar refractivity (Wildman–Crippen MR) is 72.6 cm³/mol. The second-order valence-corrected chi connectivity index (χ2v) is 4.40. The molecular weight excluding hydrogens is 246 g/mol. The molecule has 0 aromatic heterocycles. The number of aliphatic hydroxyl groups excluding tert-OH is 1. The number of amides is 1. The highest BCUT2D eigenvalue weighted by Gasteiger charge is 2.13. The van der Waals surface area contributed by atoms with E-state index in [-0.39, 0.29) is 18.3 Å².